The van der Waals surface area contributed by atoms with Gasteiger partial charge in [0.1, 0.15) is 5.75 Å². The molecule has 35 heavy (non-hydrogen) atoms. The molecule has 0 amide bonds. The first-order valence-electron chi connectivity index (χ1n) is 11.7. The molecule has 0 bridgehead atoms. The van der Waals surface area contributed by atoms with Crippen LogP contribution in [0.25, 0.3) is 0 Å². The number of hydrogen-bond acceptors (Lipinski definition) is 7. The van der Waals surface area contributed by atoms with Crippen molar-refractivity contribution in [2.75, 3.05) is 27.9 Å². The van der Waals surface area contributed by atoms with Crippen molar-refractivity contribution in [1.29, 1.82) is 0 Å². The van der Waals surface area contributed by atoms with E-state index in [0.717, 1.165) is 16.8 Å². The minimum absolute atomic E-state index is 0.000694. The average molecular weight is 478 g/mol. The SMILES string of the molecule is CCOc1cccc([C@@H]2C(C(=O)OC)=C(C)NC3=C2C(=O)C[C@@H](c2ccc(OC)c(OC)c2)C3)c1. The van der Waals surface area contributed by atoms with Crippen molar-refractivity contribution in [3.8, 4) is 17.2 Å². The molecule has 2 aromatic rings. The molecule has 1 heterocycles. The van der Waals surface area contributed by atoms with Gasteiger partial charge in [-0.25, -0.2) is 4.79 Å². The lowest BCUT2D eigenvalue weighted by Gasteiger charge is -2.36. The van der Waals surface area contributed by atoms with Crippen molar-refractivity contribution in [3.63, 3.8) is 0 Å². The van der Waals surface area contributed by atoms with Crippen LogP contribution in [0, 0.1) is 0 Å². The van der Waals surface area contributed by atoms with E-state index in [0.29, 0.717) is 53.5 Å². The summed E-state index contributed by atoms with van der Waals surface area (Å²) in [7, 11) is 4.55. The Balaban J connectivity index is 1.78. The highest BCUT2D eigenvalue weighted by molar-refractivity contribution is 6.04. The second-order valence-corrected chi connectivity index (χ2v) is 8.63. The fourth-order valence-corrected chi connectivity index (χ4v) is 5.05. The summed E-state index contributed by atoms with van der Waals surface area (Å²) in [5.74, 6) is 0.948. The van der Waals surface area contributed by atoms with Crippen LogP contribution in [-0.4, -0.2) is 39.7 Å². The molecule has 0 saturated carbocycles. The standard InChI is InChI=1S/C28H31NO6/c1-6-35-20-9-7-8-18(12-20)26-25(28(31)34-5)16(2)29-21-13-19(14-22(30)27(21)26)17-10-11-23(32-3)24(15-17)33-4/h7-12,15,19,26,29H,6,13-14H2,1-5H3/t19-,26+/m0/s1. The average Bonchev–Trinajstić information content (AvgIpc) is 2.87. The largest absolute Gasteiger partial charge is 0.494 e. The van der Waals surface area contributed by atoms with Crippen LogP contribution >= 0.6 is 0 Å². The number of rotatable bonds is 7. The number of Topliss-reactive ketones (excluding diaryl/α,β-unsaturated/α-hetero) is 1. The third kappa shape index (κ3) is 4.63. The second-order valence-electron chi connectivity index (χ2n) is 8.63. The number of ketones is 1. The zero-order valence-electron chi connectivity index (χ0n) is 20.8. The predicted octanol–water partition coefficient (Wildman–Crippen LogP) is 4.64. The number of benzene rings is 2. The molecular weight excluding hydrogens is 446 g/mol. The van der Waals surface area contributed by atoms with Crippen LogP contribution in [-0.2, 0) is 14.3 Å². The summed E-state index contributed by atoms with van der Waals surface area (Å²) in [5, 5.41) is 3.35. The highest BCUT2D eigenvalue weighted by Gasteiger charge is 2.41. The second kappa shape index (κ2) is 10.3. The van der Waals surface area contributed by atoms with Crippen LogP contribution in [0.15, 0.2) is 65.0 Å². The van der Waals surface area contributed by atoms with Crippen LogP contribution in [0.5, 0.6) is 17.2 Å². The Bertz CT molecular complexity index is 1210. The van der Waals surface area contributed by atoms with E-state index in [1.807, 2.05) is 56.3 Å². The van der Waals surface area contributed by atoms with Crippen molar-refractivity contribution < 1.29 is 28.5 Å². The maximum atomic E-state index is 13.7. The first-order valence-corrected chi connectivity index (χ1v) is 11.7. The molecule has 0 spiro atoms. The Morgan fingerprint density at radius 3 is 2.46 bits per heavy atom. The molecule has 0 unspecified atom stereocenters. The summed E-state index contributed by atoms with van der Waals surface area (Å²) in [4.78, 5) is 26.5. The zero-order chi connectivity index (χ0) is 25.1. The van der Waals surface area contributed by atoms with Crippen molar-refractivity contribution >= 4 is 11.8 Å². The molecular formula is C28H31NO6. The van der Waals surface area contributed by atoms with Gasteiger partial charge in [0.2, 0.25) is 0 Å². The molecule has 0 saturated heterocycles. The number of carbonyl (C=O) groups excluding carboxylic acids is 2. The molecule has 2 aliphatic rings. The van der Waals surface area contributed by atoms with Gasteiger partial charge in [0.25, 0.3) is 0 Å². The molecule has 4 rings (SSSR count). The van der Waals surface area contributed by atoms with E-state index in [4.69, 9.17) is 18.9 Å². The Hall–Kier alpha value is -3.74. The number of dihydropyridines is 1. The molecule has 1 N–H and O–H groups in total. The molecule has 184 valence electrons. The topological polar surface area (TPSA) is 83.1 Å². The van der Waals surface area contributed by atoms with Crippen LogP contribution < -0.4 is 19.5 Å². The van der Waals surface area contributed by atoms with Gasteiger partial charge in [0, 0.05) is 29.3 Å². The lowest BCUT2D eigenvalue weighted by atomic mass is 9.71. The highest BCUT2D eigenvalue weighted by Crippen LogP contribution is 2.46. The van der Waals surface area contributed by atoms with Gasteiger partial charge in [0.15, 0.2) is 17.3 Å². The van der Waals surface area contributed by atoms with E-state index >= 15 is 0 Å². The first kappa shape index (κ1) is 24.4. The van der Waals surface area contributed by atoms with Crippen LogP contribution in [0.2, 0.25) is 0 Å². The molecule has 2 aromatic carbocycles. The fraction of sp³-hybridized carbons (Fsp3) is 0.357. The number of esters is 1. The third-order valence-corrected chi connectivity index (χ3v) is 6.61. The number of nitrogens with one attached hydrogen (secondary N) is 1. The molecule has 0 radical (unpaired) electrons. The number of ether oxygens (including phenoxy) is 4. The predicted molar refractivity (Wildman–Crippen MR) is 132 cm³/mol. The fourth-order valence-electron chi connectivity index (χ4n) is 5.05. The third-order valence-electron chi connectivity index (χ3n) is 6.61. The van der Waals surface area contributed by atoms with E-state index in [2.05, 4.69) is 5.32 Å². The van der Waals surface area contributed by atoms with E-state index in [1.54, 1.807) is 14.2 Å². The minimum atomic E-state index is -0.530. The van der Waals surface area contributed by atoms with Gasteiger partial charge >= 0.3 is 5.97 Å². The van der Waals surface area contributed by atoms with Crippen LogP contribution in [0.1, 0.15) is 49.7 Å². The normalized spacial score (nSPS) is 19.6. The summed E-state index contributed by atoms with van der Waals surface area (Å²) in [6, 6.07) is 13.3. The lowest BCUT2D eigenvalue weighted by molar-refractivity contribution is -0.136. The van der Waals surface area contributed by atoms with Gasteiger partial charge in [-0.15, -0.1) is 0 Å². The Morgan fingerprint density at radius 1 is 1.00 bits per heavy atom. The van der Waals surface area contributed by atoms with Crippen LogP contribution in [0.3, 0.4) is 0 Å². The Morgan fingerprint density at radius 2 is 1.77 bits per heavy atom. The number of hydrogen-bond donors (Lipinski definition) is 1. The molecule has 0 aromatic heterocycles. The van der Waals surface area contributed by atoms with Gasteiger partial charge in [-0.3, -0.25) is 4.79 Å². The van der Waals surface area contributed by atoms with E-state index < -0.39 is 11.9 Å². The summed E-state index contributed by atoms with van der Waals surface area (Å²) < 4.78 is 21.6. The van der Waals surface area contributed by atoms with Gasteiger partial charge in [-0.1, -0.05) is 18.2 Å². The van der Waals surface area contributed by atoms with Crippen LogP contribution in [0.4, 0.5) is 0 Å². The van der Waals surface area contributed by atoms with Gasteiger partial charge in [-0.2, -0.15) is 0 Å². The van der Waals surface area contributed by atoms with Crippen molar-refractivity contribution in [3.05, 3.63) is 76.1 Å². The van der Waals surface area contributed by atoms with Crippen molar-refractivity contribution in [1.82, 2.24) is 5.32 Å². The molecule has 7 heteroatoms. The monoisotopic (exact) mass is 477 g/mol. The van der Waals surface area contributed by atoms with E-state index in [1.165, 1.54) is 7.11 Å². The van der Waals surface area contributed by atoms with E-state index in [9.17, 15) is 9.59 Å². The molecule has 1 aliphatic heterocycles. The summed E-state index contributed by atoms with van der Waals surface area (Å²) in [5.41, 5.74) is 4.39. The maximum absolute atomic E-state index is 13.7. The number of allylic oxidation sites excluding steroid dienone is 3. The molecule has 2 atom stereocenters. The Kier molecular flexibility index (Phi) is 7.15. The van der Waals surface area contributed by atoms with Crippen molar-refractivity contribution in [2.24, 2.45) is 0 Å². The smallest absolute Gasteiger partial charge is 0.336 e. The number of carbonyl (C=O) groups is 2. The summed E-state index contributed by atoms with van der Waals surface area (Å²) in [6.45, 7) is 4.29. The van der Waals surface area contributed by atoms with Crippen molar-refractivity contribution in [2.45, 2.75) is 38.5 Å². The maximum Gasteiger partial charge on any atom is 0.336 e. The molecule has 1 aliphatic carbocycles. The first-order chi connectivity index (χ1) is 16.9. The molecule has 0 fully saturated rings. The lowest BCUT2D eigenvalue weighted by Crippen LogP contribution is -2.36. The quantitative estimate of drug-likeness (QED) is 0.582. The summed E-state index contributed by atoms with van der Waals surface area (Å²) >= 11 is 0. The van der Waals surface area contributed by atoms with Gasteiger partial charge in [0.05, 0.1) is 33.5 Å². The minimum Gasteiger partial charge on any atom is -0.494 e. The highest BCUT2D eigenvalue weighted by atomic mass is 16.5. The van der Waals surface area contributed by atoms with E-state index in [-0.39, 0.29) is 11.7 Å². The molecule has 7 nitrogen and oxygen atoms in total. The summed E-state index contributed by atoms with van der Waals surface area (Å²) in [6.07, 6.45) is 0.954. The number of methoxy groups -OCH3 is 3. The zero-order valence-corrected chi connectivity index (χ0v) is 20.8. The van der Waals surface area contributed by atoms with Gasteiger partial charge in [-0.05, 0) is 61.6 Å². The van der Waals surface area contributed by atoms with Gasteiger partial charge < -0.3 is 24.3 Å². The Labute approximate surface area is 205 Å².